The van der Waals surface area contributed by atoms with Crippen LogP contribution in [0.15, 0.2) is 0 Å². The van der Waals surface area contributed by atoms with Crippen LogP contribution in [0, 0.1) is 0 Å². The number of rotatable bonds is 10. The number of hydrogen-bond acceptors (Lipinski definition) is 7. The van der Waals surface area contributed by atoms with Gasteiger partial charge in [-0.2, -0.15) is 15.0 Å². The van der Waals surface area contributed by atoms with E-state index >= 15 is 0 Å². The van der Waals surface area contributed by atoms with Gasteiger partial charge in [0.2, 0.25) is 17.8 Å². The van der Waals surface area contributed by atoms with Crippen LogP contribution < -0.4 is 15.5 Å². The minimum absolute atomic E-state index is 0.215. The highest BCUT2D eigenvalue weighted by Crippen LogP contribution is 2.13. The van der Waals surface area contributed by atoms with Crippen molar-refractivity contribution in [3.8, 4) is 0 Å². The number of unbranched alkanes of at least 4 members (excludes halogenated alkanes) is 1. The molecule has 0 unspecified atom stereocenters. The van der Waals surface area contributed by atoms with Crippen molar-refractivity contribution in [3.05, 3.63) is 0 Å². The van der Waals surface area contributed by atoms with Crippen LogP contribution >= 0.6 is 0 Å². The first-order valence-corrected chi connectivity index (χ1v) is 7.34. The molecule has 0 aliphatic rings. The van der Waals surface area contributed by atoms with Crippen molar-refractivity contribution in [3.63, 3.8) is 0 Å². The fraction of sp³-hybridized carbons (Fsp3) is 0.769. The number of hydrogen-bond donors (Lipinski definition) is 3. The van der Waals surface area contributed by atoms with Crippen LogP contribution in [0.4, 0.5) is 17.8 Å². The van der Waals surface area contributed by atoms with E-state index in [4.69, 9.17) is 5.11 Å². The average Bonchev–Trinajstić information content (AvgIpc) is 2.45. The van der Waals surface area contributed by atoms with Gasteiger partial charge in [-0.05, 0) is 33.6 Å². The van der Waals surface area contributed by atoms with Gasteiger partial charge in [-0.3, -0.25) is 0 Å². The lowest BCUT2D eigenvalue weighted by molar-refractivity contribution is 0.286. The molecule has 0 amide bonds. The van der Waals surface area contributed by atoms with Crippen molar-refractivity contribution >= 4 is 17.8 Å². The van der Waals surface area contributed by atoms with E-state index in [1.807, 2.05) is 6.92 Å². The molecule has 0 saturated carbocycles. The Kier molecular flexibility index (Phi) is 7.64. The van der Waals surface area contributed by atoms with Crippen LogP contribution in [0.5, 0.6) is 0 Å². The van der Waals surface area contributed by atoms with E-state index in [0.717, 1.165) is 39.0 Å². The topological polar surface area (TPSA) is 86.2 Å². The fourth-order valence-electron chi connectivity index (χ4n) is 1.77. The van der Waals surface area contributed by atoms with E-state index in [1.165, 1.54) is 0 Å². The SMILES string of the molecule is CCNc1nc(NCCCCO)nc(N(CC)CC)n1. The summed E-state index contributed by atoms with van der Waals surface area (Å²) in [7, 11) is 0. The van der Waals surface area contributed by atoms with E-state index in [-0.39, 0.29) is 6.61 Å². The zero-order chi connectivity index (χ0) is 14.8. The summed E-state index contributed by atoms with van der Waals surface area (Å²) in [5.41, 5.74) is 0. The number of aromatic nitrogens is 3. The van der Waals surface area contributed by atoms with Crippen LogP contribution in [-0.4, -0.2) is 52.8 Å². The Labute approximate surface area is 120 Å². The molecule has 1 aromatic rings. The molecule has 114 valence electrons. The molecular weight excluding hydrogens is 256 g/mol. The average molecular weight is 282 g/mol. The summed E-state index contributed by atoms with van der Waals surface area (Å²) >= 11 is 0. The minimum atomic E-state index is 0.215. The number of aliphatic hydroxyl groups excluding tert-OH is 1. The molecule has 20 heavy (non-hydrogen) atoms. The Balaban J connectivity index is 2.80. The molecule has 3 N–H and O–H groups in total. The second-order valence-corrected chi connectivity index (χ2v) is 4.34. The zero-order valence-corrected chi connectivity index (χ0v) is 12.7. The van der Waals surface area contributed by atoms with E-state index in [2.05, 4.69) is 44.3 Å². The van der Waals surface area contributed by atoms with Crippen molar-refractivity contribution in [1.82, 2.24) is 15.0 Å². The van der Waals surface area contributed by atoms with Crippen molar-refractivity contribution in [1.29, 1.82) is 0 Å². The molecule has 1 rings (SSSR count). The number of anilines is 3. The summed E-state index contributed by atoms with van der Waals surface area (Å²) in [4.78, 5) is 15.3. The van der Waals surface area contributed by atoms with Crippen LogP contribution in [-0.2, 0) is 0 Å². The van der Waals surface area contributed by atoms with Crippen molar-refractivity contribution in [2.45, 2.75) is 33.6 Å². The monoisotopic (exact) mass is 282 g/mol. The quantitative estimate of drug-likeness (QED) is 0.558. The molecule has 1 aromatic heterocycles. The van der Waals surface area contributed by atoms with Gasteiger partial charge in [0.1, 0.15) is 0 Å². The molecule has 0 aromatic carbocycles. The van der Waals surface area contributed by atoms with Gasteiger partial charge in [0.25, 0.3) is 0 Å². The summed E-state index contributed by atoms with van der Waals surface area (Å²) < 4.78 is 0. The summed E-state index contributed by atoms with van der Waals surface area (Å²) in [5, 5.41) is 15.1. The summed E-state index contributed by atoms with van der Waals surface area (Å²) in [5.74, 6) is 1.86. The predicted molar refractivity (Wildman–Crippen MR) is 82.4 cm³/mol. The highest BCUT2D eigenvalue weighted by atomic mass is 16.2. The van der Waals surface area contributed by atoms with Crippen molar-refractivity contribution in [2.24, 2.45) is 0 Å². The molecule has 7 nitrogen and oxygen atoms in total. The van der Waals surface area contributed by atoms with Gasteiger partial charge in [0.05, 0.1) is 0 Å². The molecule has 0 spiro atoms. The Hall–Kier alpha value is -1.63. The summed E-state index contributed by atoms with van der Waals surface area (Å²) in [6.45, 7) is 9.61. The van der Waals surface area contributed by atoms with E-state index < -0.39 is 0 Å². The third kappa shape index (κ3) is 5.16. The highest BCUT2D eigenvalue weighted by Gasteiger charge is 2.10. The zero-order valence-electron chi connectivity index (χ0n) is 12.7. The van der Waals surface area contributed by atoms with Gasteiger partial charge in [-0.1, -0.05) is 0 Å². The van der Waals surface area contributed by atoms with Crippen molar-refractivity contribution < 1.29 is 5.11 Å². The summed E-state index contributed by atoms with van der Waals surface area (Å²) in [6.07, 6.45) is 1.67. The van der Waals surface area contributed by atoms with Gasteiger partial charge in [0, 0.05) is 32.8 Å². The maximum atomic E-state index is 8.77. The highest BCUT2D eigenvalue weighted by molar-refractivity contribution is 5.43. The normalized spacial score (nSPS) is 10.4. The van der Waals surface area contributed by atoms with Gasteiger partial charge in [0.15, 0.2) is 0 Å². The first-order valence-electron chi connectivity index (χ1n) is 7.34. The lowest BCUT2D eigenvalue weighted by atomic mass is 10.3. The second kappa shape index (κ2) is 9.30. The maximum Gasteiger partial charge on any atom is 0.231 e. The Morgan fingerprint density at radius 2 is 1.60 bits per heavy atom. The van der Waals surface area contributed by atoms with Crippen LogP contribution in [0.1, 0.15) is 33.6 Å². The molecule has 0 bridgehead atoms. The first-order chi connectivity index (χ1) is 9.74. The lowest BCUT2D eigenvalue weighted by Gasteiger charge is -2.19. The van der Waals surface area contributed by atoms with Gasteiger partial charge >= 0.3 is 0 Å². The number of nitrogens with one attached hydrogen (secondary N) is 2. The van der Waals surface area contributed by atoms with E-state index in [9.17, 15) is 0 Å². The van der Waals surface area contributed by atoms with Crippen LogP contribution in [0.25, 0.3) is 0 Å². The van der Waals surface area contributed by atoms with Gasteiger partial charge < -0.3 is 20.6 Å². The van der Waals surface area contributed by atoms with Crippen molar-refractivity contribution in [2.75, 3.05) is 48.3 Å². The molecule has 1 heterocycles. The standard InChI is InChI=1S/C13H26N6O/c1-4-14-11-16-12(15-9-7-8-10-20)18-13(17-11)19(5-2)6-3/h20H,4-10H2,1-3H3,(H2,14,15,16,17,18). The van der Waals surface area contributed by atoms with E-state index in [1.54, 1.807) is 0 Å². The Bertz CT molecular complexity index is 383. The molecule has 0 saturated heterocycles. The smallest absolute Gasteiger partial charge is 0.231 e. The Morgan fingerprint density at radius 3 is 2.15 bits per heavy atom. The molecule has 7 heteroatoms. The van der Waals surface area contributed by atoms with Crippen LogP contribution in [0.3, 0.4) is 0 Å². The second-order valence-electron chi connectivity index (χ2n) is 4.34. The maximum absolute atomic E-state index is 8.77. The third-order valence-electron chi connectivity index (χ3n) is 2.87. The molecular formula is C13H26N6O. The molecule has 0 atom stereocenters. The molecule has 0 fully saturated rings. The third-order valence-corrected chi connectivity index (χ3v) is 2.87. The van der Waals surface area contributed by atoms with Gasteiger partial charge in [-0.25, -0.2) is 0 Å². The number of aliphatic hydroxyl groups is 1. The lowest BCUT2D eigenvalue weighted by Crippen LogP contribution is -2.25. The van der Waals surface area contributed by atoms with Gasteiger partial charge in [-0.15, -0.1) is 0 Å². The first kappa shape index (κ1) is 16.4. The van der Waals surface area contributed by atoms with E-state index in [0.29, 0.717) is 17.8 Å². The minimum Gasteiger partial charge on any atom is -0.396 e. The largest absolute Gasteiger partial charge is 0.396 e. The molecule has 0 aliphatic heterocycles. The van der Waals surface area contributed by atoms with Crippen LogP contribution in [0.2, 0.25) is 0 Å². The summed E-state index contributed by atoms with van der Waals surface area (Å²) in [6, 6.07) is 0. The number of nitrogens with zero attached hydrogens (tertiary/aromatic N) is 4. The predicted octanol–water partition coefficient (Wildman–Crippen LogP) is 1.33. The Morgan fingerprint density at radius 1 is 0.950 bits per heavy atom. The fourth-order valence-corrected chi connectivity index (χ4v) is 1.77. The molecule has 0 radical (unpaired) electrons. The molecule has 0 aliphatic carbocycles.